The van der Waals surface area contributed by atoms with Crippen LogP contribution < -0.4 is 0 Å². The van der Waals surface area contributed by atoms with Crippen molar-refractivity contribution in [3.8, 4) is 5.75 Å². The molecule has 0 saturated heterocycles. The summed E-state index contributed by atoms with van der Waals surface area (Å²) in [5, 5.41) is 10.3. The normalized spacial score (nSPS) is 11.0. The van der Waals surface area contributed by atoms with E-state index in [1.54, 1.807) is 19.1 Å². The second kappa shape index (κ2) is 7.11. The molecule has 0 aliphatic carbocycles. The molecular weight excluding hydrogens is 338 g/mol. The number of carbonyl (C=O) groups is 2. The molecule has 0 bridgehead atoms. The number of hydrogen-bond donors (Lipinski definition) is 1. The number of rotatable bonds is 6. The van der Waals surface area contributed by atoms with Gasteiger partial charge in [0.25, 0.3) is 0 Å². The van der Waals surface area contributed by atoms with Gasteiger partial charge < -0.3 is 14.4 Å². The maximum absolute atomic E-state index is 12.6. The van der Waals surface area contributed by atoms with E-state index >= 15 is 0 Å². The number of phenolic OH excluding ortho intramolecular Hbond substituents is 1. The van der Waals surface area contributed by atoms with Crippen LogP contribution in [0.4, 0.5) is 0 Å². The van der Waals surface area contributed by atoms with E-state index in [9.17, 15) is 14.7 Å². The standard InChI is InChI=1S/C19H19NO4S/c1-3-24-17(22)8-9-20-12(2)10-14-11-16(25-19(14)20)18(23)13-4-6-15(21)7-5-13/h4-7,10-11,21H,3,8-9H2,1-2H3. The van der Waals surface area contributed by atoms with Crippen molar-refractivity contribution in [3.05, 3.63) is 52.5 Å². The number of nitrogens with zero attached hydrogens (tertiary/aromatic N) is 1. The summed E-state index contributed by atoms with van der Waals surface area (Å²) in [5.74, 6) is -0.162. The van der Waals surface area contributed by atoms with E-state index in [1.807, 2.05) is 23.6 Å². The van der Waals surface area contributed by atoms with Crippen LogP contribution in [0.5, 0.6) is 5.75 Å². The maximum atomic E-state index is 12.6. The Labute approximate surface area is 149 Å². The Bertz CT molecular complexity index is 921. The molecule has 3 rings (SSSR count). The van der Waals surface area contributed by atoms with Crippen LogP contribution in [0.25, 0.3) is 10.2 Å². The first-order valence-electron chi connectivity index (χ1n) is 8.08. The highest BCUT2D eigenvalue weighted by atomic mass is 32.1. The number of phenols is 1. The maximum Gasteiger partial charge on any atom is 0.307 e. The first kappa shape index (κ1) is 17.2. The third-order valence-corrected chi connectivity index (χ3v) is 5.15. The Kier molecular flexibility index (Phi) is 4.90. The van der Waals surface area contributed by atoms with Crippen LogP contribution >= 0.6 is 11.3 Å². The highest BCUT2D eigenvalue weighted by Gasteiger charge is 2.17. The average Bonchev–Trinajstić information content (AvgIpc) is 3.10. The van der Waals surface area contributed by atoms with Crippen LogP contribution in [0.15, 0.2) is 36.4 Å². The lowest BCUT2D eigenvalue weighted by Crippen LogP contribution is -2.09. The molecule has 6 heteroatoms. The van der Waals surface area contributed by atoms with Gasteiger partial charge in [-0.15, -0.1) is 11.3 Å². The zero-order valence-electron chi connectivity index (χ0n) is 14.1. The summed E-state index contributed by atoms with van der Waals surface area (Å²) in [6.07, 6.45) is 0.303. The second-order valence-electron chi connectivity index (χ2n) is 5.74. The van der Waals surface area contributed by atoms with Crippen molar-refractivity contribution in [3.63, 3.8) is 0 Å². The summed E-state index contributed by atoms with van der Waals surface area (Å²) in [5.41, 5.74) is 1.59. The monoisotopic (exact) mass is 357 g/mol. The number of ketones is 1. The van der Waals surface area contributed by atoms with Gasteiger partial charge >= 0.3 is 5.97 Å². The lowest BCUT2D eigenvalue weighted by Gasteiger charge is -2.06. The molecule has 0 unspecified atom stereocenters. The van der Waals surface area contributed by atoms with Crippen molar-refractivity contribution in [2.24, 2.45) is 0 Å². The molecule has 130 valence electrons. The molecule has 0 spiro atoms. The zero-order valence-corrected chi connectivity index (χ0v) is 14.9. The van der Waals surface area contributed by atoms with Crippen molar-refractivity contribution in [1.29, 1.82) is 0 Å². The molecule has 2 heterocycles. The second-order valence-corrected chi connectivity index (χ2v) is 6.77. The molecule has 2 aromatic heterocycles. The van der Waals surface area contributed by atoms with E-state index in [1.165, 1.54) is 23.5 Å². The number of esters is 1. The molecule has 3 aromatic rings. The number of fused-ring (bicyclic) bond motifs is 1. The van der Waals surface area contributed by atoms with Gasteiger partial charge in [0.15, 0.2) is 0 Å². The molecule has 0 amide bonds. The predicted octanol–water partition coefficient (Wildman–Crippen LogP) is 3.90. The third-order valence-electron chi connectivity index (χ3n) is 3.97. The van der Waals surface area contributed by atoms with E-state index in [2.05, 4.69) is 0 Å². The van der Waals surface area contributed by atoms with E-state index in [-0.39, 0.29) is 17.5 Å². The lowest BCUT2D eigenvalue weighted by molar-refractivity contribution is -0.143. The van der Waals surface area contributed by atoms with Crippen molar-refractivity contribution >= 4 is 33.3 Å². The summed E-state index contributed by atoms with van der Waals surface area (Å²) < 4.78 is 7.03. The third kappa shape index (κ3) is 3.58. The lowest BCUT2D eigenvalue weighted by atomic mass is 10.1. The fourth-order valence-electron chi connectivity index (χ4n) is 2.75. The number of benzene rings is 1. The summed E-state index contributed by atoms with van der Waals surface area (Å²) in [7, 11) is 0. The van der Waals surface area contributed by atoms with Crippen LogP contribution in [0.1, 0.15) is 34.3 Å². The zero-order chi connectivity index (χ0) is 18.0. The van der Waals surface area contributed by atoms with Gasteiger partial charge in [-0.05, 0) is 50.2 Å². The van der Waals surface area contributed by atoms with E-state index in [4.69, 9.17) is 4.74 Å². The SMILES string of the molecule is CCOC(=O)CCn1c(C)cc2cc(C(=O)c3ccc(O)cc3)sc21. The molecule has 5 nitrogen and oxygen atoms in total. The van der Waals surface area contributed by atoms with E-state index in [0.29, 0.717) is 30.0 Å². The average molecular weight is 357 g/mol. The van der Waals surface area contributed by atoms with Crippen LogP contribution in [-0.2, 0) is 16.1 Å². The summed E-state index contributed by atoms with van der Waals surface area (Å²) >= 11 is 1.42. The highest BCUT2D eigenvalue weighted by Crippen LogP contribution is 2.31. The van der Waals surface area contributed by atoms with Crippen molar-refractivity contribution in [1.82, 2.24) is 4.57 Å². The first-order chi connectivity index (χ1) is 12.0. The molecular formula is C19H19NO4S. The number of carbonyl (C=O) groups excluding carboxylic acids is 2. The minimum atomic E-state index is -0.222. The Balaban J connectivity index is 1.86. The number of thiophene rings is 1. The summed E-state index contributed by atoms with van der Waals surface area (Å²) in [6, 6.07) is 10.1. The first-order valence-corrected chi connectivity index (χ1v) is 8.90. The van der Waals surface area contributed by atoms with Gasteiger partial charge in [-0.1, -0.05) is 0 Å². The smallest absolute Gasteiger partial charge is 0.307 e. The molecule has 0 saturated carbocycles. The Morgan fingerprint density at radius 2 is 1.92 bits per heavy atom. The Morgan fingerprint density at radius 3 is 2.60 bits per heavy atom. The highest BCUT2D eigenvalue weighted by molar-refractivity contribution is 7.20. The van der Waals surface area contributed by atoms with Crippen LogP contribution in [-0.4, -0.2) is 28.0 Å². The molecule has 0 fully saturated rings. The van der Waals surface area contributed by atoms with Gasteiger partial charge in [0.2, 0.25) is 5.78 Å². The van der Waals surface area contributed by atoms with Gasteiger partial charge in [-0.3, -0.25) is 9.59 Å². The minimum Gasteiger partial charge on any atom is -0.508 e. The van der Waals surface area contributed by atoms with Crippen molar-refractivity contribution in [2.45, 2.75) is 26.8 Å². The van der Waals surface area contributed by atoms with Crippen molar-refractivity contribution < 1.29 is 19.4 Å². The number of aryl methyl sites for hydroxylation is 2. The van der Waals surface area contributed by atoms with E-state index < -0.39 is 0 Å². The van der Waals surface area contributed by atoms with Gasteiger partial charge in [0.05, 0.1) is 17.9 Å². The Morgan fingerprint density at radius 1 is 1.20 bits per heavy atom. The van der Waals surface area contributed by atoms with Gasteiger partial charge in [-0.25, -0.2) is 0 Å². The number of hydrogen-bond acceptors (Lipinski definition) is 5. The number of aromatic hydroxyl groups is 1. The van der Waals surface area contributed by atoms with E-state index in [0.717, 1.165) is 15.9 Å². The fraction of sp³-hybridized carbons (Fsp3) is 0.263. The van der Waals surface area contributed by atoms with Gasteiger partial charge in [-0.2, -0.15) is 0 Å². The molecule has 1 aromatic carbocycles. The van der Waals surface area contributed by atoms with Crippen LogP contribution in [0.3, 0.4) is 0 Å². The number of ether oxygens (including phenoxy) is 1. The Hall–Kier alpha value is -2.60. The molecule has 25 heavy (non-hydrogen) atoms. The molecule has 0 radical (unpaired) electrons. The van der Waals surface area contributed by atoms with Crippen molar-refractivity contribution in [2.75, 3.05) is 6.61 Å². The topological polar surface area (TPSA) is 68.5 Å². The molecule has 0 aliphatic rings. The quantitative estimate of drug-likeness (QED) is 0.537. The molecule has 0 aliphatic heterocycles. The molecule has 0 atom stereocenters. The van der Waals surface area contributed by atoms with Gasteiger partial charge in [0, 0.05) is 23.2 Å². The van der Waals surface area contributed by atoms with Gasteiger partial charge in [0.1, 0.15) is 10.6 Å². The minimum absolute atomic E-state index is 0.0733. The summed E-state index contributed by atoms with van der Waals surface area (Å²) in [6.45, 7) is 4.68. The fourth-order valence-corrected chi connectivity index (χ4v) is 3.94. The van der Waals surface area contributed by atoms with Crippen LogP contribution in [0.2, 0.25) is 0 Å². The van der Waals surface area contributed by atoms with Crippen LogP contribution in [0, 0.1) is 6.92 Å². The molecule has 1 N–H and O–H groups in total. The summed E-state index contributed by atoms with van der Waals surface area (Å²) in [4.78, 5) is 25.8. The largest absolute Gasteiger partial charge is 0.508 e. The predicted molar refractivity (Wildman–Crippen MR) is 97.3 cm³/mol. The number of aromatic nitrogens is 1.